The number of anilines is 1. The lowest BCUT2D eigenvalue weighted by Gasteiger charge is -2.26. The van der Waals surface area contributed by atoms with Gasteiger partial charge in [-0.05, 0) is 32.4 Å². The maximum Gasteiger partial charge on any atom is 0.259 e. The molecule has 7 nitrogen and oxygen atoms in total. The van der Waals surface area contributed by atoms with Crippen LogP contribution >= 0.6 is 11.8 Å². The number of rotatable bonds is 8. The van der Waals surface area contributed by atoms with Gasteiger partial charge in [-0.25, -0.2) is 9.97 Å². The van der Waals surface area contributed by atoms with E-state index in [1.807, 2.05) is 26.2 Å². The monoisotopic (exact) mass is 388 g/mol. The van der Waals surface area contributed by atoms with E-state index in [0.717, 1.165) is 59.1 Å². The van der Waals surface area contributed by atoms with Crippen molar-refractivity contribution in [3.05, 3.63) is 29.2 Å². The molecule has 3 heterocycles. The van der Waals surface area contributed by atoms with Crippen molar-refractivity contribution in [2.75, 3.05) is 30.3 Å². The topological polar surface area (TPSA) is 85.9 Å². The van der Waals surface area contributed by atoms with Crippen LogP contribution in [0.2, 0.25) is 0 Å². The minimum atomic E-state index is -0.0226. The van der Waals surface area contributed by atoms with Crippen LogP contribution in [0.5, 0.6) is 0 Å². The zero-order chi connectivity index (χ0) is 19.2. The number of hydrogen-bond acceptors (Lipinski definition) is 6. The molecule has 3 N–H and O–H groups in total. The zero-order valence-corrected chi connectivity index (χ0v) is 17.0. The third kappa shape index (κ3) is 4.81. The van der Waals surface area contributed by atoms with Gasteiger partial charge < -0.3 is 20.5 Å². The number of fused-ring (bicyclic) bond motifs is 1. The van der Waals surface area contributed by atoms with Crippen molar-refractivity contribution in [1.29, 1.82) is 0 Å². The van der Waals surface area contributed by atoms with Crippen LogP contribution in [0.3, 0.4) is 0 Å². The molecule has 146 valence electrons. The number of amides is 1. The molecule has 0 bridgehead atoms. The van der Waals surface area contributed by atoms with Gasteiger partial charge in [0.1, 0.15) is 17.8 Å². The average Bonchev–Trinajstić information content (AvgIpc) is 3.06. The summed E-state index contributed by atoms with van der Waals surface area (Å²) in [5, 5.41) is 7.47. The summed E-state index contributed by atoms with van der Waals surface area (Å²) in [6.45, 7) is 8.82. The number of nitrogens with one attached hydrogen (secondary N) is 3. The molecular formula is C19H28N6OS. The molecule has 1 unspecified atom stereocenters. The van der Waals surface area contributed by atoms with Gasteiger partial charge in [0.15, 0.2) is 0 Å². The molecule has 8 heteroatoms. The Morgan fingerprint density at radius 3 is 3.11 bits per heavy atom. The minimum Gasteiger partial charge on any atom is -0.348 e. The van der Waals surface area contributed by atoms with Crippen LogP contribution < -0.4 is 15.5 Å². The molecule has 1 aliphatic rings. The Kier molecular flexibility index (Phi) is 6.73. The van der Waals surface area contributed by atoms with Gasteiger partial charge >= 0.3 is 0 Å². The average molecular weight is 389 g/mol. The first-order chi connectivity index (χ1) is 13.1. The fraction of sp³-hybridized carbons (Fsp3) is 0.526. The van der Waals surface area contributed by atoms with Crippen molar-refractivity contribution >= 4 is 34.5 Å². The number of nitrogens with zero attached hydrogens (tertiary/aromatic N) is 3. The van der Waals surface area contributed by atoms with Crippen LogP contribution in [-0.4, -0.2) is 52.3 Å². The number of hydrogen-bond donors (Lipinski definition) is 3. The second-order valence-corrected chi connectivity index (χ2v) is 8.00. The Bertz CT molecular complexity index is 818. The number of aromatic amines is 1. The summed E-state index contributed by atoms with van der Waals surface area (Å²) in [6, 6.07) is 0.0870. The molecule has 0 saturated carbocycles. The summed E-state index contributed by atoms with van der Waals surface area (Å²) in [5.41, 5.74) is 1.92. The summed E-state index contributed by atoms with van der Waals surface area (Å²) in [5.74, 6) is 1.67. The normalized spacial score (nSPS) is 15.7. The molecule has 0 aromatic carbocycles. The quantitative estimate of drug-likeness (QED) is 0.603. The highest BCUT2D eigenvalue weighted by Gasteiger charge is 2.22. The van der Waals surface area contributed by atoms with Gasteiger partial charge in [0, 0.05) is 37.3 Å². The van der Waals surface area contributed by atoms with Crippen molar-refractivity contribution in [3.8, 4) is 0 Å². The second kappa shape index (κ2) is 9.23. The van der Waals surface area contributed by atoms with E-state index in [1.165, 1.54) is 6.42 Å². The van der Waals surface area contributed by atoms with Gasteiger partial charge in [-0.15, -0.1) is 11.8 Å². The number of thioether (sulfide) groups is 1. The predicted molar refractivity (Wildman–Crippen MR) is 112 cm³/mol. The third-order valence-electron chi connectivity index (χ3n) is 4.54. The Hall–Kier alpha value is -2.06. The summed E-state index contributed by atoms with van der Waals surface area (Å²) in [7, 11) is 0. The highest BCUT2D eigenvalue weighted by molar-refractivity contribution is 8.04. The van der Waals surface area contributed by atoms with Gasteiger partial charge in [-0.2, -0.15) is 0 Å². The number of unbranched alkanes of at least 4 members (excludes halogenated alkanes) is 1. The predicted octanol–water partition coefficient (Wildman–Crippen LogP) is 2.56. The molecule has 3 rings (SSSR count). The van der Waals surface area contributed by atoms with Crippen LogP contribution in [0.4, 0.5) is 5.82 Å². The molecule has 0 aliphatic carbocycles. The lowest BCUT2D eigenvalue weighted by molar-refractivity contribution is -0.117. The molecule has 27 heavy (non-hydrogen) atoms. The lowest BCUT2D eigenvalue weighted by Crippen LogP contribution is -2.41. The Morgan fingerprint density at radius 2 is 2.30 bits per heavy atom. The molecule has 1 atom stereocenters. The van der Waals surface area contributed by atoms with Crippen LogP contribution in [0.25, 0.3) is 11.0 Å². The van der Waals surface area contributed by atoms with E-state index in [2.05, 4.69) is 37.4 Å². The Balaban J connectivity index is 1.68. The third-order valence-corrected chi connectivity index (χ3v) is 5.53. The molecule has 2 aromatic heterocycles. The molecule has 0 spiro atoms. The molecule has 0 radical (unpaired) electrons. The second-order valence-electron chi connectivity index (χ2n) is 6.86. The first-order valence-corrected chi connectivity index (χ1v) is 10.5. The Morgan fingerprint density at radius 1 is 1.44 bits per heavy atom. The van der Waals surface area contributed by atoms with Crippen LogP contribution in [0, 0.1) is 6.92 Å². The highest BCUT2D eigenvalue weighted by atomic mass is 32.2. The first kappa shape index (κ1) is 19.7. The summed E-state index contributed by atoms with van der Waals surface area (Å²) < 4.78 is 0. The number of carbonyl (C=O) groups excluding carboxylic acids is 1. The smallest absolute Gasteiger partial charge is 0.259 e. The number of carbonyl (C=O) groups is 1. The minimum absolute atomic E-state index is 0.0226. The van der Waals surface area contributed by atoms with Gasteiger partial charge in [-0.3, -0.25) is 4.79 Å². The van der Waals surface area contributed by atoms with Gasteiger partial charge in [0.05, 0.1) is 10.3 Å². The van der Waals surface area contributed by atoms with Crippen molar-refractivity contribution in [2.24, 2.45) is 0 Å². The summed E-state index contributed by atoms with van der Waals surface area (Å²) >= 11 is 1.59. The van der Waals surface area contributed by atoms with Crippen LogP contribution in [-0.2, 0) is 4.79 Å². The molecule has 0 fully saturated rings. The Labute approximate surface area is 164 Å². The van der Waals surface area contributed by atoms with Crippen LogP contribution in [0.15, 0.2) is 23.6 Å². The maximum absolute atomic E-state index is 12.7. The molecule has 0 saturated heterocycles. The van der Waals surface area contributed by atoms with Crippen molar-refractivity contribution < 1.29 is 4.79 Å². The maximum atomic E-state index is 12.7. The van der Waals surface area contributed by atoms with Gasteiger partial charge in [0.2, 0.25) is 0 Å². The summed E-state index contributed by atoms with van der Waals surface area (Å²) in [6.07, 6.45) is 7.74. The van der Waals surface area contributed by atoms with Crippen molar-refractivity contribution in [2.45, 2.75) is 39.7 Å². The number of aryl methyl sites for hydroxylation is 1. The van der Waals surface area contributed by atoms with Gasteiger partial charge in [-0.1, -0.05) is 13.3 Å². The molecule has 1 amide bonds. The fourth-order valence-corrected chi connectivity index (χ4v) is 3.97. The van der Waals surface area contributed by atoms with E-state index < -0.39 is 0 Å². The van der Waals surface area contributed by atoms with E-state index in [4.69, 9.17) is 0 Å². The van der Waals surface area contributed by atoms with Gasteiger partial charge in [0.25, 0.3) is 5.91 Å². The SMILES string of the molecule is CCCCNCC(C)NC(=O)C1=CN(c2ncnc3[nH]cc(C)c23)CCS1. The van der Waals surface area contributed by atoms with Crippen molar-refractivity contribution in [3.63, 3.8) is 0 Å². The first-order valence-electron chi connectivity index (χ1n) is 9.51. The van der Waals surface area contributed by atoms with Crippen molar-refractivity contribution in [1.82, 2.24) is 25.6 Å². The molecular weight excluding hydrogens is 360 g/mol. The summed E-state index contributed by atoms with van der Waals surface area (Å²) in [4.78, 5) is 27.4. The van der Waals surface area contributed by atoms with E-state index in [-0.39, 0.29) is 11.9 Å². The molecule has 2 aromatic rings. The zero-order valence-electron chi connectivity index (χ0n) is 16.2. The standard InChI is InChI=1S/C19H28N6OS/c1-4-5-6-20-10-14(3)24-19(26)15-11-25(7-8-27-15)18-16-13(2)9-21-17(16)22-12-23-18/h9,11-12,14,20H,4-8,10H2,1-3H3,(H,24,26)(H,21,22,23). The van der Waals surface area contributed by atoms with Crippen LogP contribution in [0.1, 0.15) is 32.3 Å². The largest absolute Gasteiger partial charge is 0.348 e. The molecule has 1 aliphatic heterocycles. The van der Waals surface area contributed by atoms with E-state index in [9.17, 15) is 4.79 Å². The highest BCUT2D eigenvalue weighted by Crippen LogP contribution is 2.30. The number of aromatic nitrogens is 3. The number of H-pyrrole nitrogens is 1. The van der Waals surface area contributed by atoms with E-state index >= 15 is 0 Å². The van der Waals surface area contributed by atoms with E-state index in [1.54, 1.807) is 18.1 Å². The van der Waals surface area contributed by atoms with E-state index in [0.29, 0.717) is 0 Å². The fourth-order valence-electron chi connectivity index (χ4n) is 3.07. The lowest BCUT2D eigenvalue weighted by atomic mass is 10.2.